The molecule has 3 N–H and O–H groups in total. The van der Waals surface area contributed by atoms with Crippen molar-refractivity contribution in [3.8, 4) is 12.1 Å². The predicted octanol–water partition coefficient (Wildman–Crippen LogP) is -0.791. The first-order valence-corrected chi connectivity index (χ1v) is 3.40. The molecule has 0 aliphatic carbocycles. The van der Waals surface area contributed by atoms with Gasteiger partial charge in [0.25, 0.3) is 0 Å². The number of carbonyl (C=O) groups is 1. The van der Waals surface area contributed by atoms with E-state index in [4.69, 9.17) is 15.6 Å². The van der Waals surface area contributed by atoms with Gasteiger partial charge in [0.15, 0.2) is 0 Å². The number of allylic oxidation sites excluding steroid dienone is 1. The molecule has 0 aromatic carbocycles. The molecule has 0 radical (unpaired) electrons. The van der Waals surface area contributed by atoms with Crippen molar-refractivity contribution in [2.75, 3.05) is 13.2 Å². The summed E-state index contributed by atoms with van der Waals surface area (Å²) < 4.78 is 0. The topological polar surface area (TPSA) is 109 Å². The van der Waals surface area contributed by atoms with Gasteiger partial charge in [0.1, 0.15) is 17.7 Å². The quantitative estimate of drug-likeness (QED) is 0.494. The first-order valence-electron chi connectivity index (χ1n) is 3.40. The summed E-state index contributed by atoms with van der Waals surface area (Å²) >= 11 is 0. The van der Waals surface area contributed by atoms with Gasteiger partial charge in [-0.05, 0) is 0 Å². The number of aliphatic hydroxyl groups excluding tert-OH is 1. The first kappa shape index (κ1) is 11.0. The molecule has 0 atom stereocenters. The van der Waals surface area contributed by atoms with Gasteiger partial charge in [0.2, 0.25) is 0 Å². The maximum atomic E-state index is 10.7. The SMILES string of the molecule is N#CC(C#N)=CNC(=O)NCCO. The van der Waals surface area contributed by atoms with E-state index < -0.39 is 6.03 Å². The Bertz CT molecular complexity index is 268. The van der Waals surface area contributed by atoms with Gasteiger partial charge in [-0.3, -0.25) is 0 Å². The summed E-state index contributed by atoms with van der Waals surface area (Å²) in [6.45, 7) is -0.0470. The third kappa shape index (κ3) is 5.24. The van der Waals surface area contributed by atoms with Crippen molar-refractivity contribution < 1.29 is 9.90 Å². The molecule has 0 rings (SSSR count). The van der Waals surface area contributed by atoms with E-state index in [-0.39, 0.29) is 18.7 Å². The Morgan fingerprint density at radius 1 is 1.46 bits per heavy atom. The number of carbonyl (C=O) groups excluding carboxylic acids is 1. The summed E-state index contributed by atoms with van der Waals surface area (Å²) in [6, 6.07) is 2.57. The Hall–Kier alpha value is -2.05. The van der Waals surface area contributed by atoms with Crippen LogP contribution < -0.4 is 10.6 Å². The van der Waals surface area contributed by atoms with Gasteiger partial charge in [-0.25, -0.2) is 4.79 Å². The highest BCUT2D eigenvalue weighted by Crippen LogP contribution is 1.84. The van der Waals surface area contributed by atoms with Crippen molar-refractivity contribution in [2.24, 2.45) is 0 Å². The van der Waals surface area contributed by atoms with Crippen LogP contribution in [0.5, 0.6) is 0 Å². The smallest absolute Gasteiger partial charge is 0.318 e. The lowest BCUT2D eigenvalue weighted by atomic mass is 10.4. The van der Waals surface area contributed by atoms with E-state index in [1.54, 1.807) is 12.1 Å². The van der Waals surface area contributed by atoms with Gasteiger partial charge in [-0.2, -0.15) is 10.5 Å². The van der Waals surface area contributed by atoms with E-state index in [2.05, 4.69) is 10.6 Å². The van der Waals surface area contributed by atoms with Crippen molar-refractivity contribution in [3.05, 3.63) is 11.8 Å². The van der Waals surface area contributed by atoms with E-state index in [1.807, 2.05) is 0 Å². The average molecular weight is 180 g/mol. The molecule has 0 aliphatic heterocycles. The number of hydrogen-bond acceptors (Lipinski definition) is 4. The highest BCUT2D eigenvalue weighted by molar-refractivity contribution is 5.75. The lowest BCUT2D eigenvalue weighted by Crippen LogP contribution is -2.34. The first-order chi connectivity index (χ1) is 6.24. The molecule has 0 aromatic heterocycles. The Balaban J connectivity index is 3.89. The van der Waals surface area contributed by atoms with Crippen LogP contribution in [0.15, 0.2) is 11.8 Å². The summed E-state index contributed by atoms with van der Waals surface area (Å²) in [6.07, 6.45) is 0.993. The number of urea groups is 1. The molecule has 0 heterocycles. The molecule has 0 fully saturated rings. The Morgan fingerprint density at radius 3 is 2.54 bits per heavy atom. The minimum absolute atomic E-state index is 0.119. The molecule has 6 nitrogen and oxygen atoms in total. The molecule has 68 valence electrons. The molecule has 0 aliphatic rings. The predicted molar refractivity (Wildman–Crippen MR) is 42.9 cm³/mol. The van der Waals surface area contributed by atoms with Crippen molar-refractivity contribution in [3.63, 3.8) is 0 Å². The second-order valence-corrected chi connectivity index (χ2v) is 1.91. The maximum Gasteiger partial charge on any atom is 0.318 e. The standard InChI is InChI=1S/C7H8N4O2/c8-3-6(4-9)5-11-7(13)10-1-2-12/h5,12H,1-2H2,(H2,10,11,13). The van der Waals surface area contributed by atoms with Crippen molar-refractivity contribution in [1.29, 1.82) is 10.5 Å². The fraction of sp³-hybridized carbons (Fsp3) is 0.286. The molecule has 2 amide bonds. The monoisotopic (exact) mass is 180 g/mol. The van der Waals surface area contributed by atoms with Crippen molar-refractivity contribution in [2.45, 2.75) is 0 Å². The largest absolute Gasteiger partial charge is 0.395 e. The van der Waals surface area contributed by atoms with E-state index >= 15 is 0 Å². The molecule has 0 aromatic rings. The summed E-state index contributed by atoms with van der Waals surface area (Å²) in [7, 11) is 0. The number of nitrogens with zero attached hydrogens (tertiary/aromatic N) is 2. The van der Waals surface area contributed by atoms with Crippen LogP contribution in [0.2, 0.25) is 0 Å². The normalized spacial score (nSPS) is 7.62. The molecular formula is C7H8N4O2. The van der Waals surface area contributed by atoms with Gasteiger partial charge in [-0.1, -0.05) is 0 Å². The second-order valence-electron chi connectivity index (χ2n) is 1.91. The zero-order valence-corrected chi connectivity index (χ0v) is 6.74. The number of hydrogen-bond donors (Lipinski definition) is 3. The van der Waals surface area contributed by atoms with E-state index in [1.165, 1.54) is 0 Å². The summed E-state index contributed by atoms with van der Waals surface area (Å²) in [5, 5.41) is 29.3. The highest BCUT2D eigenvalue weighted by Gasteiger charge is 1.96. The number of nitriles is 2. The van der Waals surface area contributed by atoms with Crippen molar-refractivity contribution >= 4 is 6.03 Å². The summed E-state index contributed by atoms with van der Waals surface area (Å²) in [4.78, 5) is 10.7. The number of aliphatic hydroxyl groups is 1. The number of nitrogens with one attached hydrogen (secondary N) is 2. The lowest BCUT2D eigenvalue weighted by molar-refractivity contribution is 0.237. The third-order valence-electron chi connectivity index (χ3n) is 0.986. The van der Waals surface area contributed by atoms with E-state index in [0.717, 1.165) is 6.20 Å². The second kappa shape index (κ2) is 6.65. The van der Waals surface area contributed by atoms with Crippen molar-refractivity contribution in [1.82, 2.24) is 10.6 Å². The lowest BCUT2D eigenvalue weighted by Gasteiger charge is -2.00. The minimum Gasteiger partial charge on any atom is -0.395 e. The summed E-state index contributed by atoms with van der Waals surface area (Å²) in [5.74, 6) is 0. The van der Waals surface area contributed by atoms with Gasteiger partial charge < -0.3 is 15.7 Å². The number of amides is 2. The Kier molecular flexibility index (Phi) is 5.60. The van der Waals surface area contributed by atoms with Crippen LogP contribution >= 0.6 is 0 Å². The van der Waals surface area contributed by atoms with Crippen LogP contribution in [0.1, 0.15) is 0 Å². The van der Waals surface area contributed by atoms with Gasteiger partial charge in [-0.15, -0.1) is 0 Å². The average Bonchev–Trinajstić information content (AvgIpc) is 2.16. The maximum absolute atomic E-state index is 10.7. The van der Waals surface area contributed by atoms with Crippen LogP contribution in [-0.4, -0.2) is 24.3 Å². The van der Waals surface area contributed by atoms with Gasteiger partial charge >= 0.3 is 6.03 Å². The van der Waals surface area contributed by atoms with Crippen LogP contribution in [0.4, 0.5) is 4.79 Å². The molecule has 13 heavy (non-hydrogen) atoms. The van der Waals surface area contributed by atoms with Crippen LogP contribution in [0.3, 0.4) is 0 Å². The molecular weight excluding hydrogens is 172 g/mol. The third-order valence-corrected chi connectivity index (χ3v) is 0.986. The highest BCUT2D eigenvalue weighted by atomic mass is 16.3. The van der Waals surface area contributed by atoms with Crippen LogP contribution in [0.25, 0.3) is 0 Å². The molecule has 6 heteroatoms. The van der Waals surface area contributed by atoms with Crippen LogP contribution in [-0.2, 0) is 0 Å². The molecule has 0 bridgehead atoms. The molecule has 0 saturated carbocycles. The minimum atomic E-state index is -0.572. The number of rotatable bonds is 3. The fourth-order valence-electron chi connectivity index (χ4n) is 0.448. The summed E-state index contributed by atoms with van der Waals surface area (Å²) in [5.41, 5.74) is -0.195. The fourth-order valence-corrected chi connectivity index (χ4v) is 0.448. The zero-order chi connectivity index (χ0) is 10.1. The zero-order valence-electron chi connectivity index (χ0n) is 6.74. The molecule has 0 spiro atoms. The van der Waals surface area contributed by atoms with Gasteiger partial charge in [0, 0.05) is 12.7 Å². The Labute approximate surface area is 75.1 Å². The molecule has 0 saturated heterocycles. The molecule has 0 unspecified atom stereocenters. The Morgan fingerprint density at radius 2 is 2.08 bits per heavy atom. The van der Waals surface area contributed by atoms with E-state index in [9.17, 15) is 4.79 Å². The van der Waals surface area contributed by atoms with Gasteiger partial charge in [0.05, 0.1) is 6.61 Å². The van der Waals surface area contributed by atoms with E-state index in [0.29, 0.717) is 0 Å². The van der Waals surface area contributed by atoms with Crippen LogP contribution in [0, 0.1) is 22.7 Å².